The predicted octanol–water partition coefficient (Wildman–Crippen LogP) is 1.85. The maximum Gasteiger partial charge on any atom is 0.332 e. The van der Waals surface area contributed by atoms with Crippen LogP contribution in [0.4, 0.5) is 17.5 Å². The van der Waals surface area contributed by atoms with E-state index in [-0.39, 0.29) is 17.1 Å². The van der Waals surface area contributed by atoms with Gasteiger partial charge in [-0.25, -0.2) is 10.8 Å². The van der Waals surface area contributed by atoms with Crippen molar-refractivity contribution in [3.8, 4) is 0 Å². The quantitative estimate of drug-likeness (QED) is 0.497. The second-order valence-corrected chi connectivity index (χ2v) is 6.50. The predicted molar refractivity (Wildman–Crippen MR) is 81.0 cm³/mol. The van der Waals surface area contributed by atoms with Gasteiger partial charge in [0.15, 0.2) is 0 Å². The molecule has 8 nitrogen and oxygen atoms in total. The van der Waals surface area contributed by atoms with Crippen molar-refractivity contribution in [3.63, 3.8) is 0 Å². The van der Waals surface area contributed by atoms with Crippen LogP contribution in [-0.4, -0.2) is 28.0 Å². The van der Waals surface area contributed by atoms with Crippen LogP contribution in [0.5, 0.6) is 0 Å². The van der Waals surface area contributed by atoms with E-state index in [1.165, 1.54) is 0 Å². The van der Waals surface area contributed by atoms with E-state index in [1.54, 1.807) is 6.92 Å². The normalized spacial score (nSPS) is 18.9. The lowest BCUT2D eigenvalue weighted by Gasteiger charge is -2.27. The fraction of sp³-hybridized carbons (Fsp3) is 0.692. The van der Waals surface area contributed by atoms with Gasteiger partial charge >= 0.3 is 5.69 Å². The van der Waals surface area contributed by atoms with Crippen LogP contribution in [0.15, 0.2) is 0 Å². The zero-order valence-corrected chi connectivity index (χ0v) is 12.9. The molecule has 0 aromatic carbocycles. The zero-order chi connectivity index (χ0) is 15.8. The molecule has 0 spiro atoms. The van der Waals surface area contributed by atoms with E-state index in [2.05, 4.69) is 36.2 Å². The van der Waals surface area contributed by atoms with Crippen molar-refractivity contribution in [1.29, 1.82) is 0 Å². The van der Waals surface area contributed by atoms with Gasteiger partial charge in [-0.05, 0) is 24.7 Å². The third-order valence-corrected chi connectivity index (χ3v) is 4.06. The Hall–Kier alpha value is -1.96. The Morgan fingerprint density at radius 3 is 2.57 bits per heavy atom. The zero-order valence-electron chi connectivity index (χ0n) is 12.9. The smallest absolute Gasteiger partial charge is 0.332 e. The Kier molecular flexibility index (Phi) is 3.99. The average Bonchev–Trinajstić information content (AvgIpc) is 2.86. The lowest BCUT2D eigenvalue weighted by molar-refractivity contribution is -0.385. The maximum atomic E-state index is 11.3. The molecule has 3 N–H and O–H groups in total. The fourth-order valence-electron chi connectivity index (χ4n) is 2.71. The van der Waals surface area contributed by atoms with Gasteiger partial charge in [0, 0.05) is 13.1 Å². The van der Waals surface area contributed by atoms with E-state index >= 15 is 0 Å². The minimum Gasteiger partial charge on any atom is -0.350 e. The summed E-state index contributed by atoms with van der Waals surface area (Å²) < 4.78 is 0. The van der Waals surface area contributed by atoms with Crippen molar-refractivity contribution in [2.45, 2.75) is 34.1 Å². The number of nitrogens with one attached hydrogen (secondary N) is 1. The van der Waals surface area contributed by atoms with Gasteiger partial charge in [-0.15, -0.1) is 0 Å². The minimum absolute atomic E-state index is 0.0384. The molecule has 0 aliphatic carbocycles. The molecular formula is C13H22N6O2. The first-order valence-electron chi connectivity index (χ1n) is 6.98. The molecule has 8 heteroatoms. The number of nitrogens with zero attached hydrogens (tertiary/aromatic N) is 4. The van der Waals surface area contributed by atoms with Crippen molar-refractivity contribution >= 4 is 17.5 Å². The second kappa shape index (κ2) is 5.44. The number of rotatable bonds is 3. The van der Waals surface area contributed by atoms with E-state index in [1.807, 2.05) is 4.90 Å². The fourth-order valence-corrected chi connectivity index (χ4v) is 2.71. The van der Waals surface area contributed by atoms with Crippen molar-refractivity contribution in [3.05, 3.63) is 15.8 Å². The molecular weight excluding hydrogens is 272 g/mol. The number of hydrogen-bond donors (Lipinski definition) is 2. The van der Waals surface area contributed by atoms with Crippen LogP contribution in [0, 0.1) is 28.4 Å². The minimum atomic E-state index is -0.421. The lowest BCUT2D eigenvalue weighted by Crippen LogP contribution is -2.27. The highest BCUT2D eigenvalue weighted by atomic mass is 16.6. The third kappa shape index (κ3) is 3.05. The number of nitro groups is 1. The molecule has 0 amide bonds. The third-order valence-electron chi connectivity index (χ3n) is 4.06. The first-order valence-corrected chi connectivity index (χ1v) is 6.98. The molecule has 2 rings (SSSR count). The van der Waals surface area contributed by atoms with Crippen LogP contribution in [-0.2, 0) is 0 Å². The molecule has 1 saturated heterocycles. The van der Waals surface area contributed by atoms with E-state index in [0.29, 0.717) is 17.4 Å². The highest BCUT2D eigenvalue weighted by Crippen LogP contribution is 2.38. The SMILES string of the molecule is Cc1nc(NN)nc(N2CCC(C(C)(C)C)C2)c1[N+](=O)[O-]. The molecule has 0 bridgehead atoms. The summed E-state index contributed by atoms with van der Waals surface area (Å²) in [6.07, 6.45) is 0.995. The molecule has 0 radical (unpaired) electrons. The topological polar surface area (TPSA) is 110 Å². The summed E-state index contributed by atoms with van der Waals surface area (Å²) in [4.78, 5) is 21.1. The molecule has 21 heavy (non-hydrogen) atoms. The Morgan fingerprint density at radius 2 is 2.10 bits per heavy atom. The largest absolute Gasteiger partial charge is 0.350 e. The molecule has 1 aliphatic heterocycles. The molecule has 1 aromatic heterocycles. The number of hydrazine groups is 1. The van der Waals surface area contributed by atoms with Crippen LogP contribution in [0.3, 0.4) is 0 Å². The molecule has 1 atom stereocenters. The summed E-state index contributed by atoms with van der Waals surface area (Å²) in [7, 11) is 0. The number of nitrogens with two attached hydrogens (primary N) is 1. The number of nitrogen functional groups attached to an aromatic ring is 1. The van der Waals surface area contributed by atoms with Gasteiger partial charge in [-0.3, -0.25) is 15.5 Å². The van der Waals surface area contributed by atoms with Gasteiger partial charge < -0.3 is 4.90 Å². The Morgan fingerprint density at radius 1 is 1.43 bits per heavy atom. The van der Waals surface area contributed by atoms with E-state index in [0.717, 1.165) is 19.5 Å². The van der Waals surface area contributed by atoms with Gasteiger partial charge in [-0.1, -0.05) is 20.8 Å². The van der Waals surface area contributed by atoms with E-state index in [4.69, 9.17) is 5.84 Å². The van der Waals surface area contributed by atoms with Crippen molar-refractivity contribution in [2.24, 2.45) is 17.2 Å². The summed E-state index contributed by atoms with van der Waals surface area (Å²) in [5.41, 5.74) is 2.81. The molecule has 1 fully saturated rings. The number of aryl methyl sites for hydroxylation is 1. The maximum absolute atomic E-state index is 11.3. The average molecular weight is 294 g/mol. The highest BCUT2D eigenvalue weighted by Gasteiger charge is 2.36. The Labute approximate surface area is 123 Å². The summed E-state index contributed by atoms with van der Waals surface area (Å²) >= 11 is 0. The number of aromatic nitrogens is 2. The molecule has 1 aromatic rings. The van der Waals surface area contributed by atoms with Crippen LogP contribution in [0.25, 0.3) is 0 Å². The first kappa shape index (κ1) is 15.4. The van der Waals surface area contributed by atoms with Gasteiger partial charge in [0.25, 0.3) is 0 Å². The summed E-state index contributed by atoms with van der Waals surface area (Å²) in [5, 5.41) is 11.3. The Bertz CT molecular complexity index is 554. The standard InChI is InChI=1S/C13H22N6O2/c1-8-10(19(20)21)11(16-12(15-8)17-14)18-6-5-9(7-18)13(2,3)4/h9H,5-7,14H2,1-4H3,(H,15,16,17). The summed E-state index contributed by atoms with van der Waals surface area (Å²) in [6, 6.07) is 0. The monoisotopic (exact) mass is 294 g/mol. The van der Waals surface area contributed by atoms with E-state index < -0.39 is 4.92 Å². The summed E-state index contributed by atoms with van der Waals surface area (Å²) in [5.74, 6) is 6.37. The summed E-state index contributed by atoms with van der Waals surface area (Å²) in [6.45, 7) is 9.67. The Balaban J connectivity index is 2.39. The molecule has 0 saturated carbocycles. The lowest BCUT2D eigenvalue weighted by atomic mass is 9.80. The number of hydrogen-bond acceptors (Lipinski definition) is 7. The van der Waals surface area contributed by atoms with Crippen LogP contribution in [0.2, 0.25) is 0 Å². The molecule has 1 unspecified atom stereocenters. The van der Waals surface area contributed by atoms with Crippen LogP contribution >= 0.6 is 0 Å². The van der Waals surface area contributed by atoms with E-state index in [9.17, 15) is 10.1 Å². The molecule has 116 valence electrons. The van der Waals surface area contributed by atoms with Crippen molar-refractivity contribution < 1.29 is 4.92 Å². The van der Waals surface area contributed by atoms with Crippen LogP contribution < -0.4 is 16.2 Å². The second-order valence-electron chi connectivity index (χ2n) is 6.50. The van der Waals surface area contributed by atoms with Crippen molar-refractivity contribution in [2.75, 3.05) is 23.4 Å². The highest BCUT2D eigenvalue weighted by molar-refractivity contribution is 5.62. The first-order chi connectivity index (χ1) is 9.74. The van der Waals surface area contributed by atoms with Gasteiger partial charge in [0.1, 0.15) is 5.69 Å². The number of anilines is 2. The van der Waals surface area contributed by atoms with Gasteiger partial charge in [-0.2, -0.15) is 4.98 Å². The molecule has 1 aliphatic rings. The van der Waals surface area contributed by atoms with Gasteiger partial charge in [0.05, 0.1) is 4.92 Å². The van der Waals surface area contributed by atoms with Gasteiger partial charge in [0.2, 0.25) is 11.8 Å². The van der Waals surface area contributed by atoms with Crippen LogP contribution in [0.1, 0.15) is 32.9 Å². The van der Waals surface area contributed by atoms with Crippen molar-refractivity contribution in [1.82, 2.24) is 9.97 Å². The molecule has 2 heterocycles.